The van der Waals surface area contributed by atoms with Crippen LogP contribution in [0.25, 0.3) is 11.4 Å². The van der Waals surface area contributed by atoms with Gasteiger partial charge in [-0.1, -0.05) is 20.8 Å². The summed E-state index contributed by atoms with van der Waals surface area (Å²) >= 11 is 0. The molecule has 0 saturated heterocycles. The van der Waals surface area contributed by atoms with Crippen LogP contribution in [0, 0.1) is 16.7 Å². The molecule has 0 unspecified atom stereocenters. The molecule has 2 aromatic rings. The molecule has 1 fully saturated rings. The van der Waals surface area contributed by atoms with E-state index in [4.69, 9.17) is 19.2 Å². The van der Waals surface area contributed by atoms with Crippen molar-refractivity contribution in [2.45, 2.75) is 52.1 Å². The first-order valence-corrected chi connectivity index (χ1v) is 10.3. The first-order valence-electron chi connectivity index (χ1n) is 10.3. The van der Waals surface area contributed by atoms with Crippen LogP contribution < -0.4 is 15.0 Å². The number of ether oxygens (including phenoxy) is 3. The fourth-order valence-corrected chi connectivity index (χ4v) is 3.78. The molecule has 1 N–H and O–H groups in total. The highest BCUT2D eigenvalue weighted by molar-refractivity contribution is 5.71. The van der Waals surface area contributed by atoms with Crippen LogP contribution in [0.1, 0.15) is 68.9 Å². The van der Waals surface area contributed by atoms with Crippen LogP contribution in [0.5, 0.6) is 11.5 Å². The van der Waals surface area contributed by atoms with Gasteiger partial charge in [0.2, 0.25) is 0 Å². The second-order valence-electron chi connectivity index (χ2n) is 9.01. The fraction of sp³-hybridized carbons (Fsp3) is 0.522. The maximum Gasteiger partial charge on any atom is 0.266 e. The maximum absolute atomic E-state index is 12.4. The lowest BCUT2D eigenvalue weighted by Crippen LogP contribution is -2.30. The fourth-order valence-electron chi connectivity index (χ4n) is 3.78. The van der Waals surface area contributed by atoms with Gasteiger partial charge in [-0.15, -0.1) is 0 Å². The van der Waals surface area contributed by atoms with Gasteiger partial charge in [0.25, 0.3) is 5.56 Å². The van der Waals surface area contributed by atoms with Crippen LogP contribution in [0.15, 0.2) is 16.9 Å². The molecule has 1 saturated carbocycles. The third-order valence-electron chi connectivity index (χ3n) is 5.44. The first-order chi connectivity index (χ1) is 14.3. The number of fused-ring (bicyclic) bond motifs is 3. The van der Waals surface area contributed by atoms with Gasteiger partial charge in [0.1, 0.15) is 29.2 Å². The van der Waals surface area contributed by atoms with Crippen LogP contribution in [0.3, 0.4) is 0 Å². The Hall–Kier alpha value is -2.85. The van der Waals surface area contributed by atoms with Gasteiger partial charge in [0, 0.05) is 43.1 Å². The van der Waals surface area contributed by atoms with E-state index in [9.17, 15) is 10.1 Å². The average Bonchev–Trinajstić information content (AvgIpc) is 3.54. The quantitative estimate of drug-likeness (QED) is 0.722. The lowest BCUT2D eigenvalue weighted by Gasteiger charge is -2.36. The molecule has 1 atom stereocenters. The number of methoxy groups -OCH3 is 1. The number of nitrogens with zero attached hydrogens (tertiary/aromatic N) is 2. The summed E-state index contributed by atoms with van der Waals surface area (Å²) in [7, 11) is 1.67. The minimum absolute atomic E-state index is 0.0792. The lowest BCUT2D eigenvalue weighted by atomic mass is 9.82. The molecule has 3 heterocycles. The van der Waals surface area contributed by atoms with E-state index in [0.29, 0.717) is 36.3 Å². The van der Waals surface area contributed by atoms with Crippen LogP contribution in [0.2, 0.25) is 0 Å². The molecular formula is C23H27N3O4. The highest BCUT2D eigenvalue weighted by Crippen LogP contribution is 2.51. The number of hydrogen-bond donors (Lipinski definition) is 1. The highest BCUT2D eigenvalue weighted by atomic mass is 16.5. The Labute approximate surface area is 176 Å². The minimum atomic E-state index is -0.411. The zero-order chi connectivity index (χ0) is 21.5. The Balaban J connectivity index is 1.83. The van der Waals surface area contributed by atoms with Crippen LogP contribution in [-0.2, 0) is 4.74 Å². The number of rotatable bonds is 6. The van der Waals surface area contributed by atoms with Crippen molar-refractivity contribution in [3.63, 3.8) is 0 Å². The number of pyridine rings is 2. The first kappa shape index (κ1) is 20.4. The van der Waals surface area contributed by atoms with E-state index in [1.165, 1.54) is 0 Å². The number of aromatic nitrogens is 2. The topological polar surface area (TPSA) is 97.2 Å². The third-order valence-corrected chi connectivity index (χ3v) is 5.44. The van der Waals surface area contributed by atoms with Crippen LogP contribution in [0.4, 0.5) is 0 Å². The molecule has 0 spiro atoms. The monoisotopic (exact) mass is 409 g/mol. The molecule has 1 aliphatic heterocycles. The second-order valence-corrected chi connectivity index (χ2v) is 9.01. The summed E-state index contributed by atoms with van der Waals surface area (Å²) in [5.74, 6) is 1.69. The van der Waals surface area contributed by atoms with Crippen molar-refractivity contribution in [1.29, 1.82) is 5.26 Å². The molecule has 0 radical (unpaired) electrons. The van der Waals surface area contributed by atoms with E-state index < -0.39 is 5.56 Å². The van der Waals surface area contributed by atoms with E-state index in [0.717, 1.165) is 36.3 Å². The summed E-state index contributed by atoms with van der Waals surface area (Å²) in [6.07, 6.45) is 2.60. The largest absolute Gasteiger partial charge is 0.491 e. The van der Waals surface area contributed by atoms with Gasteiger partial charge in [-0.25, -0.2) is 4.98 Å². The molecule has 7 heteroatoms. The Morgan fingerprint density at radius 3 is 2.70 bits per heavy atom. The summed E-state index contributed by atoms with van der Waals surface area (Å²) in [6.45, 7) is 7.37. The van der Waals surface area contributed by atoms with Crippen molar-refractivity contribution in [2.24, 2.45) is 5.41 Å². The molecule has 4 rings (SSSR count). The molecule has 2 aromatic heterocycles. The normalized spacial score (nSPS) is 17.5. The number of aromatic amines is 1. The molecule has 7 nitrogen and oxygen atoms in total. The van der Waals surface area contributed by atoms with Gasteiger partial charge in [-0.05, 0) is 18.9 Å². The van der Waals surface area contributed by atoms with E-state index in [1.54, 1.807) is 13.2 Å². The Morgan fingerprint density at radius 2 is 2.07 bits per heavy atom. The third kappa shape index (κ3) is 3.80. The predicted molar refractivity (Wildman–Crippen MR) is 112 cm³/mol. The Morgan fingerprint density at radius 1 is 1.30 bits per heavy atom. The van der Waals surface area contributed by atoms with Crippen molar-refractivity contribution in [1.82, 2.24) is 9.97 Å². The van der Waals surface area contributed by atoms with Gasteiger partial charge in [0.15, 0.2) is 5.75 Å². The maximum atomic E-state index is 12.4. The van der Waals surface area contributed by atoms with E-state index in [2.05, 4.69) is 25.8 Å². The van der Waals surface area contributed by atoms with Crippen LogP contribution >= 0.6 is 0 Å². The summed E-state index contributed by atoms with van der Waals surface area (Å²) in [6, 6.07) is 5.52. The summed E-state index contributed by atoms with van der Waals surface area (Å²) in [5, 5.41) is 9.33. The average molecular weight is 409 g/mol. The molecule has 1 aliphatic carbocycles. The molecular weight excluding hydrogens is 382 g/mol. The summed E-state index contributed by atoms with van der Waals surface area (Å²) in [5.41, 5.74) is 2.34. The smallest absolute Gasteiger partial charge is 0.266 e. The van der Waals surface area contributed by atoms with Crippen molar-refractivity contribution in [2.75, 3.05) is 20.3 Å². The van der Waals surface area contributed by atoms with Crippen molar-refractivity contribution in [3.8, 4) is 29.0 Å². The number of hydrogen-bond acceptors (Lipinski definition) is 6. The van der Waals surface area contributed by atoms with Gasteiger partial charge < -0.3 is 19.2 Å². The number of nitriles is 1. The molecule has 0 amide bonds. The zero-order valence-electron chi connectivity index (χ0n) is 17.9. The molecule has 2 aliphatic rings. The second kappa shape index (κ2) is 7.77. The van der Waals surface area contributed by atoms with E-state index in [1.807, 2.05) is 12.1 Å². The summed E-state index contributed by atoms with van der Waals surface area (Å²) in [4.78, 5) is 20.2. The molecule has 158 valence electrons. The molecule has 0 aromatic carbocycles. The van der Waals surface area contributed by atoms with Gasteiger partial charge in [-0.3, -0.25) is 4.79 Å². The predicted octanol–water partition coefficient (Wildman–Crippen LogP) is 4.08. The molecule has 30 heavy (non-hydrogen) atoms. The SMILES string of the molecule is COCCCOc1cc2c(nc1C1CC1)-c1[nH]c(=O)c(C#N)cc1[C@@H](C(C)(C)C)O2. The summed E-state index contributed by atoms with van der Waals surface area (Å²) < 4.78 is 17.5. The number of nitrogens with one attached hydrogen (secondary N) is 1. The van der Waals surface area contributed by atoms with Gasteiger partial charge >= 0.3 is 0 Å². The van der Waals surface area contributed by atoms with Crippen molar-refractivity contribution in [3.05, 3.63) is 39.3 Å². The highest BCUT2D eigenvalue weighted by Gasteiger charge is 2.39. The minimum Gasteiger partial charge on any atom is -0.491 e. The van der Waals surface area contributed by atoms with Crippen molar-refractivity contribution >= 4 is 0 Å². The standard InChI is InChI=1S/C23H27N3O4/c1-23(2,3)21-15-10-14(12-24)22(27)26-19(15)20-17(30-21)11-16(29-9-5-8-28-4)18(25-20)13-6-7-13/h10-11,13,21H,5-9H2,1-4H3,(H,26,27)/t21-/m0/s1. The Bertz CT molecular complexity index is 1060. The molecule has 0 bridgehead atoms. The van der Waals surface area contributed by atoms with Gasteiger partial charge in [0.05, 0.1) is 18.0 Å². The van der Waals surface area contributed by atoms with E-state index in [-0.39, 0.29) is 17.1 Å². The van der Waals surface area contributed by atoms with Crippen LogP contribution in [-0.4, -0.2) is 30.3 Å². The zero-order valence-corrected chi connectivity index (χ0v) is 17.9. The van der Waals surface area contributed by atoms with Gasteiger partial charge in [-0.2, -0.15) is 5.26 Å². The lowest BCUT2D eigenvalue weighted by molar-refractivity contribution is 0.0829. The number of H-pyrrole nitrogens is 1. The van der Waals surface area contributed by atoms with E-state index >= 15 is 0 Å². The van der Waals surface area contributed by atoms with Crippen molar-refractivity contribution < 1.29 is 14.2 Å². The Kier molecular flexibility index (Phi) is 5.29.